The lowest BCUT2D eigenvalue weighted by atomic mass is 9.44. The third-order valence-corrected chi connectivity index (χ3v) is 10.7. The highest BCUT2D eigenvalue weighted by Gasteiger charge is 2.61. The number of hydrogen-bond donors (Lipinski definition) is 2. The van der Waals surface area contributed by atoms with Crippen LogP contribution in [-0.4, -0.2) is 40.5 Å². The summed E-state index contributed by atoms with van der Waals surface area (Å²) < 4.78 is 5.92. The number of esters is 1. The number of fused-ring (bicyclic) bond motifs is 5. The second kappa shape index (κ2) is 8.60. The largest absolute Gasteiger partial charge is 0.458 e. The first kappa shape index (κ1) is 25.7. The number of amides is 1. The molecule has 8 atom stereocenters. The van der Waals surface area contributed by atoms with E-state index in [-0.39, 0.29) is 23.3 Å². The van der Waals surface area contributed by atoms with E-state index in [1.807, 2.05) is 6.92 Å². The number of hydrogen-bond acceptors (Lipinski definition) is 5. The minimum absolute atomic E-state index is 0.183. The third kappa shape index (κ3) is 4.33. The Labute approximate surface area is 205 Å². The molecular formula is C28H45NO5. The molecule has 192 valence electrons. The van der Waals surface area contributed by atoms with E-state index in [1.165, 1.54) is 39.5 Å². The van der Waals surface area contributed by atoms with E-state index in [2.05, 4.69) is 19.2 Å². The molecule has 2 N–H and O–H groups in total. The van der Waals surface area contributed by atoms with Crippen molar-refractivity contribution in [1.82, 2.24) is 5.32 Å². The topological polar surface area (TPSA) is 92.7 Å². The van der Waals surface area contributed by atoms with Crippen LogP contribution in [0.5, 0.6) is 0 Å². The predicted molar refractivity (Wildman–Crippen MR) is 130 cm³/mol. The Kier molecular flexibility index (Phi) is 6.49. The highest BCUT2D eigenvalue weighted by atomic mass is 16.6. The molecule has 6 nitrogen and oxygen atoms in total. The summed E-state index contributed by atoms with van der Waals surface area (Å²) in [5.41, 5.74) is -1.58. The van der Waals surface area contributed by atoms with Crippen LogP contribution in [0.15, 0.2) is 0 Å². The Balaban J connectivity index is 1.40. The summed E-state index contributed by atoms with van der Waals surface area (Å²) >= 11 is 0. The van der Waals surface area contributed by atoms with Crippen molar-refractivity contribution in [3.8, 4) is 0 Å². The fourth-order valence-corrected chi connectivity index (χ4v) is 8.86. The third-order valence-electron chi connectivity index (χ3n) is 10.7. The molecule has 0 spiro atoms. The summed E-state index contributed by atoms with van der Waals surface area (Å²) in [6, 6.07) is 0. The van der Waals surface area contributed by atoms with Crippen LogP contribution >= 0.6 is 0 Å². The first-order chi connectivity index (χ1) is 15.7. The van der Waals surface area contributed by atoms with Crippen molar-refractivity contribution in [1.29, 1.82) is 0 Å². The van der Waals surface area contributed by atoms with Crippen LogP contribution in [0.2, 0.25) is 0 Å². The van der Waals surface area contributed by atoms with Crippen molar-refractivity contribution < 1.29 is 24.2 Å². The summed E-state index contributed by atoms with van der Waals surface area (Å²) in [4.78, 5) is 36.8. The molecule has 0 aromatic rings. The number of ketones is 1. The average molecular weight is 476 g/mol. The van der Waals surface area contributed by atoms with Crippen molar-refractivity contribution >= 4 is 17.7 Å². The van der Waals surface area contributed by atoms with Gasteiger partial charge in [-0.3, -0.25) is 14.4 Å². The van der Waals surface area contributed by atoms with Crippen LogP contribution in [0, 0.1) is 40.4 Å². The summed E-state index contributed by atoms with van der Waals surface area (Å²) in [5.74, 6) is 2.23. The number of Topliss-reactive ketones (excluding diaryl/α,β-unsaturated/α-hetero) is 1. The zero-order valence-corrected chi connectivity index (χ0v) is 22.0. The van der Waals surface area contributed by atoms with Gasteiger partial charge in [0.15, 0.2) is 0 Å². The van der Waals surface area contributed by atoms with E-state index in [0.717, 1.165) is 32.1 Å². The van der Waals surface area contributed by atoms with Gasteiger partial charge in [-0.15, -0.1) is 0 Å². The van der Waals surface area contributed by atoms with E-state index in [0.29, 0.717) is 29.5 Å². The monoisotopic (exact) mass is 475 g/mol. The molecule has 0 bridgehead atoms. The molecule has 4 rings (SSSR count). The van der Waals surface area contributed by atoms with Gasteiger partial charge in [0, 0.05) is 5.92 Å². The van der Waals surface area contributed by atoms with Crippen molar-refractivity contribution in [2.45, 2.75) is 111 Å². The number of carbonyl (C=O) groups is 3. The molecule has 34 heavy (non-hydrogen) atoms. The van der Waals surface area contributed by atoms with Crippen LogP contribution in [0.4, 0.5) is 0 Å². The minimum Gasteiger partial charge on any atom is -0.458 e. The van der Waals surface area contributed by atoms with Crippen LogP contribution in [0.3, 0.4) is 0 Å². The molecule has 0 radical (unpaired) electrons. The van der Waals surface area contributed by atoms with Gasteiger partial charge in [-0.05, 0) is 120 Å². The maximum absolute atomic E-state index is 12.5. The standard InChI is InChI=1S/C28H45NO5/c1-17(30)20-9-10-21-19-8-7-18-15-26(4,34-23(31)16-29-24(32)25(2,3)33)13-14-27(18,5)22(19)11-12-28(20,21)6/h18-22,33H,7-16H2,1-6H3,(H,29,32)/t18-,19-,20+,21-,22-,26+,27-,28+/m0/s1. The maximum atomic E-state index is 12.5. The molecule has 6 heteroatoms. The molecule has 4 fully saturated rings. The highest BCUT2D eigenvalue weighted by molar-refractivity contribution is 5.87. The van der Waals surface area contributed by atoms with Gasteiger partial charge >= 0.3 is 5.97 Å². The number of aliphatic hydroxyl groups is 1. The zero-order valence-electron chi connectivity index (χ0n) is 22.0. The van der Waals surface area contributed by atoms with Gasteiger partial charge in [0.1, 0.15) is 23.5 Å². The van der Waals surface area contributed by atoms with E-state index >= 15 is 0 Å². The number of carbonyl (C=O) groups excluding carboxylic acids is 3. The molecule has 0 unspecified atom stereocenters. The second-order valence-electron chi connectivity index (χ2n) is 13.3. The summed E-state index contributed by atoms with van der Waals surface area (Å²) in [6.45, 7) is 11.3. The van der Waals surface area contributed by atoms with E-state index < -0.39 is 23.1 Å². The van der Waals surface area contributed by atoms with Crippen LogP contribution in [-0.2, 0) is 19.1 Å². The second-order valence-corrected chi connectivity index (χ2v) is 13.3. The first-order valence-electron chi connectivity index (χ1n) is 13.4. The normalized spacial score (nSPS) is 43.8. The lowest BCUT2D eigenvalue weighted by molar-refractivity contribution is -0.180. The lowest BCUT2D eigenvalue weighted by Crippen LogP contribution is -2.56. The quantitative estimate of drug-likeness (QED) is 0.574. The lowest BCUT2D eigenvalue weighted by Gasteiger charge is -2.62. The molecule has 0 aromatic heterocycles. The highest BCUT2D eigenvalue weighted by Crippen LogP contribution is 2.68. The Morgan fingerprint density at radius 3 is 2.26 bits per heavy atom. The Bertz CT molecular complexity index is 848. The van der Waals surface area contributed by atoms with Gasteiger partial charge in [-0.2, -0.15) is 0 Å². The summed E-state index contributed by atoms with van der Waals surface area (Å²) in [5, 5.41) is 12.2. The zero-order chi connectivity index (χ0) is 25.1. The molecule has 4 aliphatic carbocycles. The fourth-order valence-electron chi connectivity index (χ4n) is 8.86. The van der Waals surface area contributed by atoms with Crippen molar-refractivity contribution in [3.63, 3.8) is 0 Å². The summed E-state index contributed by atoms with van der Waals surface area (Å²) in [6.07, 6.45) is 9.80. The predicted octanol–water partition coefficient (Wildman–Crippen LogP) is 4.42. The molecular weight excluding hydrogens is 430 g/mol. The molecule has 4 aliphatic rings. The Morgan fingerprint density at radius 2 is 1.62 bits per heavy atom. The van der Waals surface area contributed by atoms with Crippen molar-refractivity contribution in [2.24, 2.45) is 40.4 Å². The molecule has 0 saturated heterocycles. The molecule has 1 amide bonds. The minimum atomic E-state index is -1.52. The van der Waals surface area contributed by atoms with E-state index in [1.54, 1.807) is 6.92 Å². The van der Waals surface area contributed by atoms with E-state index in [9.17, 15) is 19.5 Å². The van der Waals surface area contributed by atoms with Crippen molar-refractivity contribution in [3.05, 3.63) is 0 Å². The van der Waals surface area contributed by atoms with Crippen molar-refractivity contribution in [2.75, 3.05) is 6.54 Å². The Morgan fingerprint density at radius 1 is 0.941 bits per heavy atom. The molecule has 4 saturated carbocycles. The maximum Gasteiger partial charge on any atom is 0.325 e. The number of nitrogens with one attached hydrogen (secondary N) is 1. The molecule has 0 aromatic carbocycles. The van der Waals surface area contributed by atoms with Gasteiger partial charge in [-0.1, -0.05) is 13.8 Å². The van der Waals surface area contributed by atoms with Crippen LogP contribution in [0.25, 0.3) is 0 Å². The van der Waals surface area contributed by atoms with Crippen LogP contribution < -0.4 is 5.32 Å². The van der Waals surface area contributed by atoms with Gasteiger partial charge in [-0.25, -0.2) is 0 Å². The molecule has 0 heterocycles. The van der Waals surface area contributed by atoms with Gasteiger partial charge in [0.25, 0.3) is 5.91 Å². The fraction of sp³-hybridized carbons (Fsp3) is 0.893. The summed E-state index contributed by atoms with van der Waals surface area (Å²) in [7, 11) is 0. The van der Waals surface area contributed by atoms with Crippen LogP contribution in [0.1, 0.15) is 99.3 Å². The van der Waals surface area contributed by atoms with Gasteiger partial charge < -0.3 is 15.2 Å². The van der Waals surface area contributed by atoms with Gasteiger partial charge in [0.2, 0.25) is 0 Å². The SMILES string of the molecule is CC(=O)[C@H]1CC[C@H]2[C@@H]3CC[C@H]4C[C@](C)(OC(=O)CNC(=O)C(C)(C)O)CC[C@]4(C)[C@H]3CC[C@]12C. The first-order valence-corrected chi connectivity index (χ1v) is 13.4. The average Bonchev–Trinajstić information content (AvgIpc) is 3.09. The Hall–Kier alpha value is -1.43. The number of rotatable bonds is 5. The smallest absolute Gasteiger partial charge is 0.325 e. The van der Waals surface area contributed by atoms with E-state index in [4.69, 9.17) is 4.74 Å². The van der Waals surface area contributed by atoms with Gasteiger partial charge in [0.05, 0.1) is 0 Å². The number of ether oxygens (including phenoxy) is 1. The molecule has 0 aliphatic heterocycles.